The van der Waals surface area contributed by atoms with Crippen molar-refractivity contribution in [3.63, 3.8) is 0 Å². The summed E-state index contributed by atoms with van der Waals surface area (Å²) in [6.45, 7) is 6.76. The van der Waals surface area contributed by atoms with Crippen molar-refractivity contribution in [3.05, 3.63) is 28.2 Å². The molecule has 1 aromatic carbocycles. The van der Waals surface area contributed by atoms with Gasteiger partial charge in [0.2, 0.25) is 0 Å². The molecular formula is C13H20BrNO. The Hall–Kier alpha value is -0.540. The fraction of sp³-hybridized carbons (Fsp3) is 0.538. The Morgan fingerprint density at radius 2 is 2.12 bits per heavy atom. The predicted molar refractivity (Wildman–Crippen MR) is 73.1 cm³/mol. The first-order valence-electron chi connectivity index (χ1n) is 5.82. The Balaban J connectivity index is 2.26. The summed E-state index contributed by atoms with van der Waals surface area (Å²) < 4.78 is 6.61. The number of nitrogens with one attached hydrogen (secondary N) is 1. The van der Waals surface area contributed by atoms with Crippen molar-refractivity contribution >= 4 is 21.6 Å². The van der Waals surface area contributed by atoms with E-state index in [-0.39, 0.29) is 0 Å². The molecule has 0 fully saturated rings. The van der Waals surface area contributed by atoms with Crippen molar-refractivity contribution in [1.82, 2.24) is 0 Å². The second-order valence-electron chi connectivity index (χ2n) is 3.82. The van der Waals surface area contributed by atoms with Crippen LogP contribution < -0.4 is 5.32 Å². The van der Waals surface area contributed by atoms with E-state index in [1.807, 2.05) is 12.1 Å². The normalized spacial score (nSPS) is 10.4. The molecule has 0 unspecified atom stereocenters. The lowest BCUT2D eigenvalue weighted by atomic mass is 10.2. The molecular weight excluding hydrogens is 266 g/mol. The number of unbranched alkanes of at least 4 members (excludes halogenated alkanes) is 1. The molecule has 2 nitrogen and oxygen atoms in total. The molecule has 0 amide bonds. The van der Waals surface area contributed by atoms with E-state index in [2.05, 4.69) is 41.2 Å². The van der Waals surface area contributed by atoms with Gasteiger partial charge in [-0.1, -0.05) is 25.5 Å². The first-order valence-corrected chi connectivity index (χ1v) is 6.61. The fourth-order valence-electron chi connectivity index (χ4n) is 1.45. The number of anilines is 1. The molecule has 0 bridgehead atoms. The minimum Gasteiger partial charge on any atom is -0.382 e. The summed E-state index contributed by atoms with van der Waals surface area (Å²) in [6, 6.07) is 6.20. The van der Waals surface area contributed by atoms with Gasteiger partial charge in [-0.05, 0) is 40.9 Å². The first-order chi connectivity index (χ1) is 7.75. The topological polar surface area (TPSA) is 21.3 Å². The number of ether oxygens (including phenoxy) is 1. The van der Waals surface area contributed by atoms with E-state index in [9.17, 15) is 0 Å². The number of benzene rings is 1. The highest BCUT2D eigenvalue weighted by Gasteiger charge is 2.01. The molecule has 1 rings (SSSR count). The van der Waals surface area contributed by atoms with Crippen LogP contribution in [-0.4, -0.2) is 19.8 Å². The van der Waals surface area contributed by atoms with E-state index in [0.29, 0.717) is 0 Å². The number of para-hydroxylation sites is 1. The number of aryl methyl sites for hydroxylation is 1. The monoisotopic (exact) mass is 285 g/mol. The van der Waals surface area contributed by atoms with Crippen LogP contribution in [0.5, 0.6) is 0 Å². The van der Waals surface area contributed by atoms with Crippen LogP contribution in [0.3, 0.4) is 0 Å². The quantitative estimate of drug-likeness (QED) is 0.765. The number of halogens is 1. The van der Waals surface area contributed by atoms with Crippen molar-refractivity contribution in [2.45, 2.75) is 26.7 Å². The molecule has 16 heavy (non-hydrogen) atoms. The van der Waals surface area contributed by atoms with Crippen LogP contribution in [-0.2, 0) is 4.74 Å². The zero-order valence-corrected chi connectivity index (χ0v) is 11.6. The predicted octanol–water partition coefficient (Wildman–Crippen LogP) is 3.99. The highest BCUT2D eigenvalue weighted by Crippen LogP contribution is 2.25. The average molecular weight is 286 g/mol. The van der Waals surface area contributed by atoms with E-state index in [4.69, 9.17) is 4.74 Å². The molecule has 3 heteroatoms. The summed E-state index contributed by atoms with van der Waals surface area (Å²) in [6.07, 6.45) is 2.34. The van der Waals surface area contributed by atoms with Crippen LogP contribution in [0, 0.1) is 6.92 Å². The average Bonchev–Trinajstić information content (AvgIpc) is 2.26. The SMILES string of the molecule is CCCCOCCNc1c(C)cccc1Br. The molecule has 0 saturated heterocycles. The van der Waals surface area contributed by atoms with Gasteiger partial charge in [-0.15, -0.1) is 0 Å². The van der Waals surface area contributed by atoms with Crippen molar-refractivity contribution in [1.29, 1.82) is 0 Å². The Morgan fingerprint density at radius 3 is 2.81 bits per heavy atom. The van der Waals surface area contributed by atoms with Crippen molar-refractivity contribution in [2.24, 2.45) is 0 Å². The van der Waals surface area contributed by atoms with Gasteiger partial charge in [0.05, 0.1) is 12.3 Å². The van der Waals surface area contributed by atoms with Crippen LogP contribution in [0.1, 0.15) is 25.3 Å². The molecule has 0 heterocycles. The van der Waals surface area contributed by atoms with Crippen molar-refractivity contribution < 1.29 is 4.74 Å². The zero-order valence-electron chi connectivity index (χ0n) is 10.1. The Kier molecular flexibility index (Phi) is 6.50. The molecule has 0 aliphatic carbocycles. The first kappa shape index (κ1) is 13.5. The minimum atomic E-state index is 0.765. The van der Waals surface area contributed by atoms with E-state index >= 15 is 0 Å². The Bertz CT molecular complexity index is 295. The summed E-state index contributed by atoms with van der Waals surface area (Å²) in [4.78, 5) is 0. The molecule has 0 aliphatic rings. The largest absolute Gasteiger partial charge is 0.382 e. The lowest BCUT2D eigenvalue weighted by molar-refractivity contribution is 0.141. The van der Waals surface area contributed by atoms with Crippen LogP contribution in [0.4, 0.5) is 5.69 Å². The smallest absolute Gasteiger partial charge is 0.0639 e. The lowest BCUT2D eigenvalue weighted by Gasteiger charge is -2.11. The molecule has 0 radical (unpaired) electrons. The maximum absolute atomic E-state index is 5.50. The third kappa shape index (κ3) is 4.54. The zero-order chi connectivity index (χ0) is 11.8. The van der Waals surface area contributed by atoms with Crippen LogP contribution in [0.15, 0.2) is 22.7 Å². The minimum absolute atomic E-state index is 0.765. The molecule has 0 aromatic heterocycles. The van der Waals surface area contributed by atoms with Gasteiger partial charge in [-0.2, -0.15) is 0 Å². The van der Waals surface area contributed by atoms with Crippen LogP contribution in [0.2, 0.25) is 0 Å². The standard InChI is InChI=1S/C13H20BrNO/c1-3-4-9-16-10-8-15-13-11(2)6-5-7-12(13)14/h5-7,15H,3-4,8-10H2,1-2H3. The van der Waals surface area contributed by atoms with E-state index in [0.717, 1.165) is 30.7 Å². The summed E-state index contributed by atoms with van der Waals surface area (Å²) >= 11 is 3.54. The summed E-state index contributed by atoms with van der Waals surface area (Å²) in [5.41, 5.74) is 2.42. The van der Waals surface area contributed by atoms with Gasteiger partial charge in [-0.25, -0.2) is 0 Å². The number of hydrogen-bond donors (Lipinski definition) is 1. The van der Waals surface area contributed by atoms with Gasteiger partial charge in [0.25, 0.3) is 0 Å². The molecule has 1 aromatic rings. The van der Waals surface area contributed by atoms with Gasteiger partial charge >= 0.3 is 0 Å². The van der Waals surface area contributed by atoms with E-state index in [1.54, 1.807) is 0 Å². The highest BCUT2D eigenvalue weighted by atomic mass is 79.9. The third-order valence-electron chi connectivity index (χ3n) is 2.41. The summed E-state index contributed by atoms with van der Waals surface area (Å²) in [7, 11) is 0. The van der Waals surface area contributed by atoms with Gasteiger partial charge < -0.3 is 10.1 Å². The van der Waals surface area contributed by atoms with E-state index in [1.165, 1.54) is 17.7 Å². The molecule has 0 atom stereocenters. The summed E-state index contributed by atoms with van der Waals surface area (Å²) in [5.74, 6) is 0. The lowest BCUT2D eigenvalue weighted by Crippen LogP contribution is -2.11. The summed E-state index contributed by atoms with van der Waals surface area (Å²) in [5, 5.41) is 3.39. The second kappa shape index (κ2) is 7.69. The van der Waals surface area contributed by atoms with Gasteiger partial charge in [0, 0.05) is 17.6 Å². The van der Waals surface area contributed by atoms with Crippen molar-refractivity contribution in [3.8, 4) is 0 Å². The molecule has 0 spiro atoms. The molecule has 90 valence electrons. The maximum atomic E-state index is 5.50. The van der Waals surface area contributed by atoms with Crippen LogP contribution >= 0.6 is 15.9 Å². The number of hydrogen-bond acceptors (Lipinski definition) is 2. The Labute approximate surface area is 107 Å². The molecule has 0 aliphatic heterocycles. The second-order valence-corrected chi connectivity index (χ2v) is 4.68. The van der Waals surface area contributed by atoms with Gasteiger partial charge in [0.15, 0.2) is 0 Å². The van der Waals surface area contributed by atoms with Crippen molar-refractivity contribution in [2.75, 3.05) is 25.1 Å². The number of rotatable bonds is 7. The van der Waals surface area contributed by atoms with Gasteiger partial charge in [-0.3, -0.25) is 0 Å². The highest BCUT2D eigenvalue weighted by molar-refractivity contribution is 9.10. The molecule has 0 saturated carbocycles. The van der Waals surface area contributed by atoms with E-state index < -0.39 is 0 Å². The molecule has 1 N–H and O–H groups in total. The fourth-order valence-corrected chi connectivity index (χ4v) is 2.06. The Morgan fingerprint density at radius 1 is 1.31 bits per heavy atom. The van der Waals surface area contributed by atoms with Gasteiger partial charge in [0.1, 0.15) is 0 Å². The third-order valence-corrected chi connectivity index (χ3v) is 3.07. The maximum Gasteiger partial charge on any atom is 0.0639 e. The van der Waals surface area contributed by atoms with Crippen LogP contribution in [0.25, 0.3) is 0 Å².